The molecule has 22 heavy (non-hydrogen) atoms. The molecule has 0 spiro atoms. The molecule has 3 rings (SSSR count). The van der Waals surface area contributed by atoms with Gasteiger partial charge in [-0.05, 0) is 42.8 Å². The van der Waals surface area contributed by atoms with Gasteiger partial charge in [0.15, 0.2) is 0 Å². The van der Waals surface area contributed by atoms with E-state index in [0.717, 1.165) is 29.2 Å². The fraction of sp³-hybridized carbons (Fsp3) is 0.125. The van der Waals surface area contributed by atoms with Crippen LogP contribution in [0.25, 0.3) is 0 Å². The maximum Gasteiger partial charge on any atom is 0.416 e. The maximum atomic E-state index is 12.6. The third-order valence-corrected chi connectivity index (χ3v) is 3.58. The predicted molar refractivity (Wildman–Crippen MR) is 73.8 cm³/mol. The molecule has 0 N–H and O–H groups in total. The topological polar surface area (TPSA) is 37.4 Å². The zero-order valence-electron chi connectivity index (χ0n) is 11.4. The highest BCUT2D eigenvalue weighted by Crippen LogP contribution is 2.33. The Labute approximate surface area is 124 Å². The van der Waals surface area contributed by atoms with E-state index < -0.39 is 23.6 Å². The van der Waals surface area contributed by atoms with Gasteiger partial charge in [-0.25, -0.2) is 4.90 Å². The van der Waals surface area contributed by atoms with E-state index in [9.17, 15) is 22.8 Å². The Hall–Kier alpha value is -2.63. The number of carbonyl (C=O) groups is 2. The van der Waals surface area contributed by atoms with Gasteiger partial charge in [0, 0.05) is 0 Å². The number of rotatable bonds is 1. The molecule has 3 nitrogen and oxygen atoms in total. The van der Waals surface area contributed by atoms with Gasteiger partial charge in [-0.15, -0.1) is 0 Å². The van der Waals surface area contributed by atoms with E-state index in [-0.39, 0.29) is 11.3 Å². The number of aryl methyl sites for hydroxylation is 1. The Morgan fingerprint density at radius 3 is 2.09 bits per heavy atom. The van der Waals surface area contributed by atoms with Crippen LogP contribution >= 0.6 is 0 Å². The fourth-order valence-corrected chi connectivity index (χ4v) is 2.49. The molecule has 0 saturated carbocycles. The van der Waals surface area contributed by atoms with E-state index in [0.29, 0.717) is 11.1 Å². The lowest BCUT2D eigenvalue weighted by molar-refractivity contribution is -0.137. The van der Waals surface area contributed by atoms with Crippen molar-refractivity contribution >= 4 is 17.5 Å². The van der Waals surface area contributed by atoms with Crippen LogP contribution in [-0.2, 0) is 6.18 Å². The number of anilines is 1. The lowest BCUT2D eigenvalue weighted by atomic mass is 10.0. The van der Waals surface area contributed by atoms with Crippen LogP contribution in [-0.4, -0.2) is 11.8 Å². The summed E-state index contributed by atoms with van der Waals surface area (Å²) < 4.78 is 37.7. The summed E-state index contributed by atoms with van der Waals surface area (Å²) in [5.74, 6) is -1.04. The van der Waals surface area contributed by atoms with Gasteiger partial charge >= 0.3 is 6.18 Å². The summed E-state index contributed by atoms with van der Waals surface area (Å²) in [6, 6.07) is 8.86. The summed E-state index contributed by atoms with van der Waals surface area (Å²) >= 11 is 0. The third kappa shape index (κ3) is 2.07. The third-order valence-electron chi connectivity index (χ3n) is 3.58. The van der Waals surface area contributed by atoms with Crippen LogP contribution in [0.3, 0.4) is 0 Å². The fourth-order valence-electron chi connectivity index (χ4n) is 2.49. The van der Waals surface area contributed by atoms with E-state index in [4.69, 9.17) is 0 Å². The molecule has 112 valence electrons. The standard InChI is InChI=1S/C16H10F3NO2/c1-9-3-2-4-12-13(9)15(22)20(14(12)21)11-7-5-10(6-8-11)16(17,18)19/h2-8H,1H3. The summed E-state index contributed by atoms with van der Waals surface area (Å²) in [4.78, 5) is 25.6. The van der Waals surface area contributed by atoms with Gasteiger partial charge in [-0.3, -0.25) is 9.59 Å². The minimum atomic E-state index is -4.46. The molecule has 0 atom stereocenters. The largest absolute Gasteiger partial charge is 0.416 e. The van der Waals surface area contributed by atoms with Crippen LogP contribution in [0.15, 0.2) is 42.5 Å². The van der Waals surface area contributed by atoms with Crippen molar-refractivity contribution in [1.29, 1.82) is 0 Å². The predicted octanol–water partition coefficient (Wildman–Crippen LogP) is 3.81. The molecule has 0 aliphatic carbocycles. The quantitative estimate of drug-likeness (QED) is 0.751. The van der Waals surface area contributed by atoms with Gasteiger partial charge < -0.3 is 0 Å². The van der Waals surface area contributed by atoms with Gasteiger partial charge in [0.1, 0.15) is 0 Å². The van der Waals surface area contributed by atoms with Crippen molar-refractivity contribution in [3.05, 3.63) is 64.7 Å². The number of hydrogen-bond donors (Lipinski definition) is 0. The van der Waals surface area contributed by atoms with Gasteiger partial charge in [-0.2, -0.15) is 13.2 Å². The first-order chi connectivity index (χ1) is 10.3. The highest BCUT2D eigenvalue weighted by molar-refractivity contribution is 6.34. The smallest absolute Gasteiger partial charge is 0.268 e. The summed E-state index contributed by atoms with van der Waals surface area (Å²) in [6.07, 6.45) is -4.46. The molecular formula is C16H10F3NO2. The molecular weight excluding hydrogens is 295 g/mol. The SMILES string of the molecule is Cc1cccc2c1C(=O)N(c1ccc(C(F)(F)F)cc1)C2=O. The number of fused-ring (bicyclic) bond motifs is 1. The number of alkyl halides is 3. The number of benzene rings is 2. The number of nitrogens with zero attached hydrogens (tertiary/aromatic N) is 1. The minimum absolute atomic E-state index is 0.124. The molecule has 1 aliphatic rings. The van der Waals surface area contributed by atoms with Crippen molar-refractivity contribution < 1.29 is 22.8 Å². The molecule has 0 unspecified atom stereocenters. The summed E-state index contributed by atoms with van der Waals surface area (Å²) in [5, 5.41) is 0. The van der Waals surface area contributed by atoms with E-state index in [1.807, 2.05) is 0 Å². The number of amides is 2. The Kier molecular flexibility index (Phi) is 3.05. The minimum Gasteiger partial charge on any atom is -0.268 e. The lowest BCUT2D eigenvalue weighted by Gasteiger charge is -2.15. The van der Waals surface area contributed by atoms with Crippen molar-refractivity contribution in [2.24, 2.45) is 0 Å². The number of halogens is 3. The van der Waals surface area contributed by atoms with Gasteiger partial charge in [-0.1, -0.05) is 12.1 Å². The number of imide groups is 1. The molecule has 1 aliphatic heterocycles. The number of carbonyl (C=O) groups excluding carboxylic acids is 2. The Morgan fingerprint density at radius 2 is 1.55 bits per heavy atom. The summed E-state index contributed by atoms with van der Waals surface area (Å²) in [6.45, 7) is 1.71. The summed E-state index contributed by atoms with van der Waals surface area (Å²) in [5.41, 5.74) is 0.519. The van der Waals surface area contributed by atoms with Crippen LogP contribution in [0.2, 0.25) is 0 Å². The van der Waals surface area contributed by atoms with E-state index in [1.165, 1.54) is 6.07 Å². The Balaban J connectivity index is 2.03. The molecule has 2 amide bonds. The second-order valence-electron chi connectivity index (χ2n) is 4.99. The van der Waals surface area contributed by atoms with E-state index in [1.54, 1.807) is 19.1 Å². The highest BCUT2D eigenvalue weighted by atomic mass is 19.4. The molecule has 0 fully saturated rings. The monoisotopic (exact) mass is 305 g/mol. The van der Waals surface area contributed by atoms with E-state index in [2.05, 4.69) is 0 Å². The molecule has 6 heteroatoms. The van der Waals surface area contributed by atoms with Gasteiger partial charge in [0.2, 0.25) is 0 Å². The molecule has 1 heterocycles. The zero-order chi connectivity index (χ0) is 16.1. The lowest BCUT2D eigenvalue weighted by Crippen LogP contribution is -2.29. The molecule has 0 bridgehead atoms. The van der Waals surface area contributed by atoms with Crippen molar-refractivity contribution in [3.8, 4) is 0 Å². The summed E-state index contributed by atoms with van der Waals surface area (Å²) in [7, 11) is 0. The first-order valence-corrected chi connectivity index (χ1v) is 6.46. The van der Waals surface area contributed by atoms with Crippen LogP contribution < -0.4 is 4.90 Å². The average molecular weight is 305 g/mol. The maximum absolute atomic E-state index is 12.6. The molecule has 0 radical (unpaired) electrons. The van der Waals surface area contributed by atoms with Crippen LogP contribution in [0.1, 0.15) is 31.8 Å². The van der Waals surface area contributed by atoms with Gasteiger partial charge in [0.25, 0.3) is 11.8 Å². The number of hydrogen-bond acceptors (Lipinski definition) is 2. The first kappa shape index (κ1) is 14.3. The van der Waals surface area contributed by atoms with E-state index >= 15 is 0 Å². The Bertz CT molecular complexity index is 779. The molecule has 2 aromatic rings. The van der Waals surface area contributed by atoms with Crippen molar-refractivity contribution in [1.82, 2.24) is 0 Å². The second-order valence-corrected chi connectivity index (χ2v) is 4.99. The zero-order valence-corrected chi connectivity index (χ0v) is 11.4. The average Bonchev–Trinajstić information content (AvgIpc) is 2.71. The van der Waals surface area contributed by atoms with Crippen LogP contribution in [0, 0.1) is 6.92 Å². The van der Waals surface area contributed by atoms with Crippen molar-refractivity contribution in [3.63, 3.8) is 0 Å². The molecule has 0 aromatic heterocycles. The highest BCUT2D eigenvalue weighted by Gasteiger charge is 2.38. The molecule has 0 saturated heterocycles. The van der Waals surface area contributed by atoms with Gasteiger partial charge in [0.05, 0.1) is 22.4 Å². The van der Waals surface area contributed by atoms with Crippen LogP contribution in [0.4, 0.5) is 18.9 Å². The molecule has 2 aromatic carbocycles. The normalized spacial score (nSPS) is 14.5. The second kappa shape index (κ2) is 4.69. The first-order valence-electron chi connectivity index (χ1n) is 6.46. The van der Waals surface area contributed by atoms with Crippen LogP contribution in [0.5, 0.6) is 0 Å². The van der Waals surface area contributed by atoms with Crippen molar-refractivity contribution in [2.45, 2.75) is 13.1 Å². The Morgan fingerprint density at radius 1 is 0.909 bits per heavy atom. The van der Waals surface area contributed by atoms with Crippen molar-refractivity contribution in [2.75, 3.05) is 4.90 Å².